The van der Waals surface area contributed by atoms with Gasteiger partial charge in [0, 0.05) is 13.8 Å². The molecule has 0 aliphatic carbocycles. The van der Waals surface area contributed by atoms with Crippen molar-refractivity contribution >= 4 is 11.9 Å². The molecule has 0 aliphatic heterocycles. The van der Waals surface area contributed by atoms with Crippen LogP contribution in [0.2, 0.25) is 0 Å². The number of carboxylic acid groups (broad SMARTS) is 2. The molecule has 0 fully saturated rings. The van der Waals surface area contributed by atoms with Crippen molar-refractivity contribution < 1.29 is 108 Å². The molecule has 0 radical (unpaired) electrons. The molecule has 0 amide bonds. The van der Waals surface area contributed by atoms with E-state index < -0.39 is 30.6 Å². The molecule has 0 saturated carbocycles. The fourth-order valence-corrected chi connectivity index (χ4v) is 0. The standard InChI is InChI=1S/2C2H4O2.2Na.3O.Ti/c2*1-2(3)4;;;;;;/h2*1H3,(H,3,4);;;;;;/q;;2*+1;;2*-1;. The minimum atomic E-state index is -4.08. The first-order valence-electron chi connectivity index (χ1n) is 2.47. The van der Waals surface area contributed by atoms with Crippen LogP contribution in [-0.4, -0.2) is 22.2 Å². The fourth-order valence-electron chi connectivity index (χ4n) is 0. The molecule has 2 N–H and O–H groups in total. The van der Waals surface area contributed by atoms with Crippen molar-refractivity contribution in [1.82, 2.24) is 0 Å². The zero-order chi connectivity index (χ0) is 10.7. The summed E-state index contributed by atoms with van der Waals surface area (Å²) in [5.74, 6) is -1.67. The van der Waals surface area contributed by atoms with Crippen molar-refractivity contribution in [3.05, 3.63) is 0 Å². The van der Waals surface area contributed by atoms with Crippen molar-refractivity contribution in [2.45, 2.75) is 13.8 Å². The molecular weight excluding hydrogens is 254 g/mol. The van der Waals surface area contributed by atoms with Crippen LogP contribution in [0.15, 0.2) is 0 Å². The second kappa shape index (κ2) is 23.9. The van der Waals surface area contributed by atoms with E-state index in [4.69, 9.17) is 30.5 Å². The molecule has 0 unspecified atom stereocenters. The normalized spacial score (nSPS) is 5.43. The van der Waals surface area contributed by atoms with E-state index in [2.05, 4.69) is 0 Å². The predicted molar refractivity (Wildman–Crippen MR) is 27.3 cm³/mol. The van der Waals surface area contributed by atoms with Crippen LogP contribution in [-0.2, 0) is 31.5 Å². The van der Waals surface area contributed by atoms with Crippen molar-refractivity contribution in [1.29, 1.82) is 0 Å². The summed E-state index contributed by atoms with van der Waals surface area (Å²) in [7, 11) is 0. The molecule has 0 bridgehead atoms. The van der Waals surface area contributed by atoms with E-state index in [0.29, 0.717) is 0 Å². The van der Waals surface area contributed by atoms with Gasteiger partial charge in [0.25, 0.3) is 11.9 Å². The van der Waals surface area contributed by atoms with Gasteiger partial charge in [0.15, 0.2) is 0 Å². The minimum absolute atomic E-state index is 0. The van der Waals surface area contributed by atoms with E-state index in [0.717, 1.165) is 13.8 Å². The first kappa shape index (κ1) is 29.5. The molecule has 7 nitrogen and oxygen atoms in total. The van der Waals surface area contributed by atoms with Crippen LogP contribution in [0.25, 0.3) is 0 Å². The van der Waals surface area contributed by atoms with E-state index in [1.54, 1.807) is 0 Å². The van der Waals surface area contributed by atoms with Crippen LogP contribution in [0.1, 0.15) is 13.8 Å². The Kier molecular flexibility index (Phi) is 50.4. The molecule has 0 aromatic rings. The van der Waals surface area contributed by atoms with Gasteiger partial charge in [0.1, 0.15) is 0 Å². The Morgan fingerprint density at radius 2 is 1.00 bits per heavy atom. The summed E-state index contributed by atoms with van der Waals surface area (Å²) in [6, 6.07) is 0. The average molecular weight is 262 g/mol. The maximum atomic E-state index is 9.00. The summed E-state index contributed by atoms with van der Waals surface area (Å²) >= 11 is -4.08. The zero-order valence-corrected chi connectivity index (χ0v) is 14.0. The molecule has 0 aliphatic rings. The zero-order valence-electron chi connectivity index (χ0n) is 8.44. The molecule has 0 atom stereocenters. The number of rotatable bonds is 0. The number of aliphatic carboxylic acids is 2. The molecule has 0 aromatic carbocycles. The molecule has 10 heteroatoms. The topological polar surface area (TPSA) is 138 Å². The van der Waals surface area contributed by atoms with E-state index >= 15 is 0 Å². The molecule has 72 valence electrons. The molecule has 14 heavy (non-hydrogen) atoms. The quantitative estimate of drug-likeness (QED) is 0.413. The third kappa shape index (κ3) is 1080. The van der Waals surface area contributed by atoms with Crippen molar-refractivity contribution in [2.75, 3.05) is 0 Å². The summed E-state index contributed by atoms with van der Waals surface area (Å²) in [5.41, 5.74) is 0. The first-order chi connectivity index (χ1) is 5.20. The summed E-state index contributed by atoms with van der Waals surface area (Å²) in [6.07, 6.45) is 0. The predicted octanol–water partition coefficient (Wildman–Crippen LogP) is -8.31. The Bertz CT molecular complexity index is 121. The summed E-state index contributed by atoms with van der Waals surface area (Å²) in [5, 5.41) is 14.8. The van der Waals surface area contributed by atoms with Gasteiger partial charge in [-0.25, -0.2) is 0 Å². The second-order valence-electron chi connectivity index (χ2n) is 1.29. The Balaban J connectivity index is -0.0000000270. The van der Waals surface area contributed by atoms with Crippen LogP contribution in [0.5, 0.6) is 0 Å². The molecule has 0 spiro atoms. The van der Waals surface area contributed by atoms with Gasteiger partial charge in [0.2, 0.25) is 0 Å². The number of hydrogen-bond acceptors (Lipinski definition) is 5. The summed E-state index contributed by atoms with van der Waals surface area (Å²) < 4.78 is 25.8. The molecule has 0 aromatic heterocycles. The van der Waals surface area contributed by atoms with Crippen LogP contribution >= 0.6 is 0 Å². The Morgan fingerprint density at radius 3 is 1.00 bits per heavy atom. The van der Waals surface area contributed by atoms with Crippen molar-refractivity contribution in [2.24, 2.45) is 0 Å². The van der Waals surface area contributed by atoms with Crippen molar-refractivity contribution in [3.8, 4) is 0 Å². The molecule has 0 rings (SSSR count). The Labute approximate surface area is 132 Å². The van der Waals surface area contributed by atoms with Crippen LogP contribution in [0, 0.1) is 0 Å². The molecule has 0 heterocycles. The van der Waals surface area contributed by atoms with E-state index in [1.165, 1.54) is 0 Å². The Hall–Kier alpha value is 1.37. The van der Waals surface area contributed by atoms with Gasteiger partial charge >= 0.3 is 88.4 Å². The van der Waals surface area contributed by atoms with E-state index in [9.17, 15) is 0 Å². The monoisotopic (exact) mass is 262 g/mol. The number of carbonyl (C=O) groups is 2. The summed E-state index contributed by atoms with van der Waals surface area (Å²) in [4.78, 5) is 18.0. The van der Waals surface area contributed by atoms with Gasteiger partial charge in [-0.15, -0.1) is 0 Å². The molecule has 0 saturated heterocycles. The third-order valence-electron chi connectivity index (χ3n) is 0. The maximum absolute atomic E-state index is 9.00. The fraction of sp³-hybridized carbons (Fsp3) is 0.500. The van der Waals surface area contributed by atoms with Gasteiger partial charge in [-0.1, -0.05) is 0 Å². The summed E-state index contributed by atoms with van der Waals surface area (Å²) in [6.45, 7) is 2.17. The SMILES string of the molecule is CC(=O)O.CC(=O)O.[Na+].[Na+].[O]=[Ti]([O-])[O-]. The van der Waals surface area contributed by atoms with Gasteiger partial charge in [-0.3, -0.25) is 9.59 Å². The Morgan fingerprint density at radius 1 is 1.00 bits per heavy atom. The first-order valence-corrected chi connectivity index (χ1v) is 4.38. The van der Waals surface area contributed by atoms with Crippen LogP contribution in [0.4, 0.5) is 0 Å². The van der Waals surface area contributed by atoms with Gasteiger partial charge in [-0.05, 0) is 0 Å². The number of hydrogen-bond donors (Lipinski definition) is 2. The van der Waals surface area contributed by atoms with E-state index in [-0.39, 0.29) is 59.1 Å². The third-order valence-corrected chi connectivity index (χ3v) is 0. The average Bonchev–Trinajstić information content (AvgIpc) is 1.54. The molecular formula is C4H8Na2O7Ti. The van der Waals surface area contributed by atoms with Crippen LogP contribution < -0.4 is 66.5 Å². The van der Waals surface area contributed by atoms with Crippen molar-refractivity contribution in [3.63, 3.8) is 0 Å². The number of carboxylic acids is 2. The van der Waals surface area contributed by atoms with Gasteiger partial charge in [-0.2, -0.15) is 0 Å². The van der Waals surface area contributed by atoms with Crippen LogP contribution in [0.3, 0.4) is 0 Å². The van der Waals surface area contributed by atoms with E-state index in [1.807, 2.05) is 0 Å². The van der Waals surface area contributed by atoms with Gasteiger partial charge in [0.05, 0.1) is 0 Å². The second-order valence-corrected chi connectivity index (χ2v) is 2.07. The van der Waals surface area contributed by atoms with Gasteiger partial charge < -0.3 is 10.2 Å².